The number of para-hydroxylation sites is 2. The molecule has 2 heterocycles. The third-order valence-electron chi connectivity index (χ3n) is 6.12. The molecular weight excluding hydrogens is 420 g/mol. The number of hydrogen-bond acceptors (Lipinski definition) is 3. The van der Waals surface area contributed by atoms with Crippen molar-refractivity contribution in [3.63, 3.8) is 0 Å². The van der Waals surface area contributed by atoms with E-state index in [2.05, 4.69) is 0 Å². The van der Waals surface area contributed by atoms with Crippen molar-refractivity contribution in [1.82, 2.24) is 0 Å². The molecule has 162 valence electrons. The first-order valence-electron chi connectivity index (χ1n) is 10.9. The molecule has 32 heavy (non-hydrogen) atoms. The highest BCUT2D eigenvalue weighted by Gasteiger charge is 2.43. The lowest BCUT2D eigenvalue weighted by Crippen LogP contribution is -2.44. The summed E-state index contributed by atoms with van der Waals surface area (Å²) in [4.78, 5) is 15.5. The van der Waals surface area contributed by atoms with Crippen molar-refractivity contribution in [1.29, 1.82) is 0 Å². The minimum Gasteiger partial charge on any atom is -0.307 e. The van der Waals surface area contributed by atoms with Crippen molar-refractivity contribution in [3.05, 3.63) is 100 Å². The first kappa shape index (κ1) is 20.5. The van der Waals surface area contributed by atoms with Gasteiger partial charge in [-0.05, 0) is 43.0 Å². The van der Waals surface area contributed by atoms with Gasteiger partial charge in [0, 0.05) is 29.9 Å². The maximum Gasteiger partial charge on any atom is 0.272 e. The van der Waals surface area contributed by atoms with Crippen molar-refractivity contribution < 1.29 is 13.2 Å². The molecule has 5 nitrogen and oxygen atoms in total. The minimum absolute atomic E-state index is 0.152. The summed E-state index contributed by atoms with van der Waals surface area (Å²) >= 11 is 0. The Hall–Kier alpha value is -3.38. The van der Waals surface area contributed by atoms with Gasteiger partial charge in [-0.15, -0.1) is 0 Å². The van der Waals surface area contributed by atoms with Crippen molar-refractivity contribution >= 4 is 32.9 Å². The zero-order chi connectivity index (χ0) is 22.3. The number of anilines is 2. The van der Waals surface area contributed by atoms with Gasteiger partial charge in [0.1, 0.15) is 0 Å². The number of rotatable bonds is 3. The number of nitrogens with zero attached hydrogens (tertiary/aromatic N) is 2. The third-order valence-corrected chi connectivity index (χ3v) is 8.05. The molecule has 0 spiro atoms. The summed E-state index contributed by atoms with van der Waals surface area (Å²) in [6.07, 6.45) is 1.67. The lowest BCUT2D eigenvalue weighted by atomic mass is 9.94. The van der Waals surface area contributed by atoms with Crippen LogP contribution in [0.15, 0.2) is 83.8 Å². The predicted molar refractivity (Wildman–Crippen MR) is 128 cm³/mol. The number of hydrogen-bond donors (Lipinski definition) is 0. The zero-order valence-corrected chi connectivity index (χ0v) is 18.7. The molecule has 0 aromatic heterocycles. The van der Waals surface area contributed by atoms with Crippen LogP contribution in [-0.4, -0.2) is 27.4 Å². The van der Waals surface area contributed by atoms with Gasteiger partial charge in [0.05, 0.1) is 5.69 Å². The SMILES string of the molecule is CCN1c2ccccc2C(c2ccccc2)=C(C(=O)N2CCCc3ccccc32)S1(=O)=O. The topological polar surface area (TPSA) is 57.7 Å². The predicted octanol–water partition coefficient (Wildman–Crippen LogP) is 4.60. The highest BCUT2D eigenvalue weighted by Crippen LogP contribution is 2.44. The Kier molecular flexibility index (Phi) is 5.10. The van der Waals surface area contributed by atoms with Gasteiger partial charge >= 0.3 is 0 Å². The number of amides is 1. The molecule has 6 heteroatoms. The highest BCUT2D eigenvalue weighted by atomic mass is 32.2. The van der Waals surface area contributed by atoms with Gasteiger partial charge in [-0.1, -0.05) is 66.7 Å². The summed E-state index contributed by atoms with van der Waals surface area (Å²) in [5.41, 5.74) is 4.40. The number of carbonyl (C=O) groups excluding carboxylic acids is 1. The number of benzene rings is 3. The summed E-state index contributed by atoms with van der Waals surface area (Å²) in [6.45, 7) is 2.53. The molecule has 0 atom stereocenters. The van der Waals surface area contributed by atoms with Crippen LogP contribution in [0.4, 0.5) is 11.4 Å². The molecule has 2 aliphatic rings. The van der Waals surface area contributed by atoms with E-state index in [0.29, 0.717) is 23.4 Å². The van der Waals surface area contributed by atoms with Gasteiger partial charge in [-0.3, -0.25) is 9.10 Å². The van der Waals surface area contributed by atoms with Gasteiger partial charge in [0.2, 0.25) is 0 Å². The van der Waals surface area contributed by atoms with Gasteiger partial charge in [0.15, 0.2) is 4.91 Å². The molecule has 5 rings (SSSR count). The van der Waals surface area contributed by atoms with Crippen LogP contribution in [0.2, 0.25) is 0 Å². The van der Waals surface area contributed by atoms with E-state index in [4.69, 9.17) is 0 Å². The lowest BCUT2D eigenvalue weighted by Gasteiger charge is -2.36. The fourth-order valence-electron chi connectivity index (χ4n) is 4.71. The molecular formula is C26H24N2O3S. The molecule has 0 aliphatic carbocycles. The monoisotopic (exact) mass is 444 g/mol. The van der Waals surface area contributed by atoms with E-state index in [1.165, 1.54) is 4.31 Å². The Labute approximate surface area is 188 Å². The highest BCUT2D eigenvalue weighted by molar-refractivity contribution is 7.97. The van der Waals surface area contributed by atoms with Crippen LogP contribution in [-0.2, 0) is 21.2 Å². The number of fused-ring (bicyclic) bond motifs is 2. The Balaban J connectivity index is 1.81. The molecule has 0 fully saturated rings. The molecule has 1 amide bonds. The maximum atomic E-state index is 14.0. The number of sulfonamides is 1. The average molecular weight is 445 g/mol. The molecule has 0 radical (unpaired) electrons. The summed E-state index contributed by atoms with van der Waals surface area (Å²) in [5.74, 6) is -0.469. The van der Waals surface area contributed by atoms with E-state index in [1.54, 1.807) is 17.9 Å². The number of carbonyl (C=O) groups is 1. The Morgan fingerprint density at radius 2 is 1.53 bits per heavy atom. The summed E-state index contributed by atoms with van der Waals surface area (Å²) in [7, 11) is -4.05. The average Bonchev–Trinajstić information content (AvgIpc) is 2.82. The molecule has 0 saturated carbocycles. The van der Waals surface area contributed by atoms with E-state index in [0.717, 1.165) is 29.7 Å². The minimum atomic E-state index is -4.05. The van der Waals surface area contributed by atoms with Crippen molar-refractivity contribution in [3.8, 4) is 0 Å². The summed E-state index contributed by atoms with van der Waals surface area (Å²) < 4.78 is 29.2. The lowest BCUT2D eigenvalue weighted by molar-refractivity contribution is -0.114. The van der Waals surface area contributed by atoms with Crippen molar-refractivity contribution in [2.24, 2.45) is 0 Å². The molecule has 3 aromatic rings. The van der Waals surface area contributed by atoms with Crippen LogP contribution in [0.1, 0.15) is 30.0 Å². The smallest absolute Gasteiger partial charge is 0.272 e. The van der Waals surface area contributed by atoms with Crippen LogP contribution in [0.25, 0.3) is 5.57 Å². The van der Waals surface area contributed by atoms with E-state index >= 15 is 0 Å². The standard InChI is InChI=1S/C26H24N2O3S/c1-2-28-23-17-9-7-15-21(23)24(20-12-4-3-5-13-20)25(32(28,30)31)26(29)27-18-10-14-19-11-6-8-16-22(19)27/h3-9,11-13,15-17H,2,10,14,18H2,1H3. The largest absolute Gasteiger partial charge is 0.307 e. The van der Waals surface area contributed by atoms with E-state index in [1.807, 2.05) is 72.8 Å². The first-order valence-corrected chi connectivity index (χ1v) is 12.3. The fourth-order valence-corrected chi connectivity index (χ4v) is 6.50. The molecule has 3 aromatic carbocycles. The van der Waals surface area contributed by atoms with E-state index in [9.17, 15) is 13.2 Å². The second-order valence-electron chi connectivity index (χ2n) is 7.95. The molecule has 2 aliphatic heterocycles. The molecule has 0 bridgehead atoms. The Morgan fingerprint density at radius 3 is 2.28 bits per heavy atom. The fraction of sp³-hybridized carbons (Fsp3) is 0.192. The Morgan fingerprint density at radius 1 is 0.875 bits per heavy atom. The van der Waals surface area contributed by atoms with E-state index < -0.39 is 15.9 Å². The molecule has 0 N–H and O–H groups in total. The first-order chi connectivity index (χ1) is 15.5. The quantitative estimate of drug-likeness (QED) is 0.594. The summed E-state index contributed by atoms with van der Waals surface area (Å²) in [5, 5.41) is 0. The van der Waals surface area contributed by atoms with Crippen molar-refractivity contribution in [2.45, 2.75) is 19.8 Å². The second kappa shape index (κ2) is 7.95. The summed E-state index contributed by atoms with van der Waals surface area (Å²) in [6, 6.07) is 24.5. The van der Waals surface area contributed by atoms with Gasteiger partial charge < -0.3 is 4.90 Å². The van der Waals surface area contributed by atoms with Crippen LogP contribution < -0.4 is 9.21 Å². The third kappa shape index (κ3) is 3.14. The number of aryl methyl sites for hydroxylation is 1. The van der Waals surface area contributed by atoms with E-state index in [-0.39, 0.29) is 11.4 Å². The second-order valence-corrected chi connectivity index (χ2v) is 9.75. The molecule has 0 unspecified atom stereocenters. The van der Waals surface area contributed by atoms with Gasteiger partial charge in [0.25, 0.3) is 15.9 Å². The van der Waals surface area contributed by atoms with Crippen molar-refractivity contribution in [2.75, 3.05) is 22.3 Å². The van der Waals surface area contributed by atoms with Crippen LogP contribution in [0.3, 0.4) is 0 Å². The normalized spacial score (nSPS) is 17.0. The van der Waals surface area contributed by atoms with Crippen LogP contribution in [0, 0.1) is 0 Å². The van der Waals surface area contributed by atoms with Crippen LogP contribution >= 0.6 is 0 Å². The van der Waals surface area contributed by atoms with Gasteiger partial charge in [-0.2, -0.15) is 0 Å². The Bertz CT molecular complexity index is 1330. The maximum absolute atomic E-state index is 14.0. The van der Waals surface area contributed by atoms with Crippen LogP contribution in [0.5, 0.6) is 0 Å². The zero-order valence-electron chi connectivity index (χ0n) is 17.9. The van der Waals surface area contributed by atoms with Gasteiger partial charge in [-0.25, -0.2) is 8.42 Å². The molecule has 0 saturated heterocycles.